The monoisotopic (exact) mass is 371 g/mol. The van der Waals surface area contributed by atoms with Crippen molar-refractivity contribution in [2.75, 3.05) is 12.4 Å². The minimum atomic E-state index is -0.0380. The van der Waals surface area contributed by atoms with E-state index in [1.807, 2.05) is 16.3 Å². The van der Waals surface area contributed by atoms with Crippen molar-refractivity contribution in [1.29, 1.82) is 0 Å². The molecule has 0 radical (unpaired) electrons. The third-order valence-electron chi connectivity index (χ3n) is 5.68. The third kappa shape index (κ3) is 3.56. The van der Waals surface area contributed by atoms with Gasteiger partial charge in [0.2, 0.25) is 0 Å². The molecule has 1 aliphatic carbocycles. The molecule has 0 saturated heterocycles. The Morgan fingerprint density at radius 2 is 2.12 bits per heavy atom. The van der Waals surface area contributed by atoms with Crippen LogP contribution in [0.2, 0.25) is 0 Å². The summed E-state index contributed by atoms with van der Waals surface area (Å²) in [7, 11) is 1.68. The predicted octanol–water partition coefficient (Wildman–Crippen LogP) is 4.69. The molecule has 1 aliphatic heterocycles. The molecule has 2 aromatic rings. The number of ether oxygens (including phenoxy) is 1. The van der Waals surface area contributed by atoms with Gasteiger partial charge < -0.3 is 9.64 Å². The van der Waals surface area contributed by atoms with E-state index in [0.717, 1.165) is 12.2 Å². The molecule has 1 aromatic carbocycles. The van der Waals surface area contributed by atoms with E-state index < -0.39 is 0 Å². The number of amides is 2. The number of urea groups is 1. The molecule has 6 heteroatoms. The first-order chi connectivity index (χ1) is 12.7. The van der Waals surface area contributed by atoms with Gasteiger partial charge in [0.05, 0.1) is 7.11 Å². The van der Waals surface area contributed by atoms with Crippen LogP contribution in [0.25, 0.3) is 0 Å². The number of methoxy groups -OCH3 is 1. The Balaban J connectivity index is 1.61. The van der Waals surface area contributed by atoms with Crippen molar-refractivity contribution in [3.63, 3.8) is 0 Å². The summed E-state index contributed by atoms with van der Waals surface area (Å²) in [6.07, 6.45) is 8.96. The summed E-state index contributed by atoms with van der Waals surface area (Å²) in [5, 5.41) is 5.52. The average molecular weight is 372 g/mol. The van der Waals surface area contributed by atoms with E-state index in [1.165, 1.54) is 54.6 Å². The molecule has 26 heavy (non-hydrogen) atoms. The van der Waals surface area contributed by atoms with E-state index in [0.29, 0.717) is 17.6 Å². The molecule has 1 saturated carbocycles. The first-order valence-electron chi connectivity index (χ1n) is 9.37. The van der Waals surface area contributed by atoms with Crippen molar-refractivity contribution in [1.82, 2.24) is 9.88 Å². The minimum absolute atomic E-state index is 0.0380. The Morgan fingerprint density at radius 1 is 1.27 bits per heavy atom. The molecule has 1 atom stereocenters. The number of hydrogen-bond acceptors (Lipinski definition) is 4. The first kappa shape index (κ1) is 17.3. The van der Waals surface area contributed by atoms with Gasteiger partial charge in [0.1, 0.15) is 5.75 Å². The number of thiazole rings is 1. The number of nitrogens with one attached hydrogen (secondary N) is 1. The highest BCUT2D eigenvalue weighted by molar-refractivity contribution is 7.13. The number of carbonyl (C=O) groups is 1. The molecular formula is C20H25N3O2S. The van der Waals surface area contributed by atoms with E-state index in [1.54, 1.807) is 13.3 Å². The molecule has 0 spiro atoms. The molecular weight excluding hydrogens is 346 g/mol. The highest BCUT2D eigenvalue weighted by atomic mass is 32.1. The maximum absolute atomic E-state index is 13.0. The highest BCUT2D eigenvalue weighted by Gasteiger charge is 2.36. The second-order valence-corrected chi connectivity index (χ2v) is 8.09. The molecule has 4 rings (SSSR count). The van der Waals surface area contributed by atoms with Crippen LogP contribution in [-0.2, 0) is 13.0 Å². The fourth-order valence-electron chi connectivity index (χ4n) is 4.32. The maximum atomic E-state index is 13.0. The number of aromatic nitrogens is 1. The van der Waals surface area contributed by atoms with Crippen LogP contribution in [0.15, 0.2) is 29.8 Å². The van der Waals surface area contributed by atoms with E-state index in [9.17, 15) is 4.79 Å². The van der Waals surface area contributed by atoms with Crippen LogP contribution < -0.4 is 10.1 Å². The van der Waals surface area contributed by atoms with E-state index in [2.05, 4.69) is 22.4 Å². The van der Waals surface area contributed by atoms with Gasteiger partial charge in [-0.2, -0.15) is 0 Å². The topological polar surface area (TPSA) is 54.5 Å². The maximum Gasteiger partial charge on any atom is 0.324 e. The predicted molar refractivity (Wildman–Crippen MR) is 104 cm³/mol. The van der Waals surface area contributed by atoms with Gasteiger partial charge in [-0.25, -0.2) is 9.78 Å². The van der Waals surface area contributed by atoms with Gasteiger partial charge >= 0.3 is 6.03 Å². The molecule has 2 amide bonds. The smallest absolute Gasteiger partial charge is 0.324 e. The van der Waals surface area contributed by atoms with Crippen LogP contribution in [0.3, 0.4) is 0 Å². The van der Waals surface area contributed by atoms with E-state index in [-0.39, 0.29) is 12.1 Å². The van der Waals surface area contributed by atoms with E-state index in [4.69, 9.17) is 4.74 Å². The van der Waals surface area contributed by atoms with Crippen LogP contribution in [0.1, 0.15) is 43.2 Å². The van der Waals surface area contributed by atoms with Gasteiger partial charge in [0.15, 0.2) is 5.13 Å². The molecule has 1 fully saturated rings. The number of carbonyl (C=O) groups excluding carboxylic acids is 1. The van der Waals surface area contributed by atoms with Gasteiger partial charge in [-0.3, -0.25) is 5.32 Å². The summed E-state index contributed by atoms with van der Waals surface area (Å²) in [4.78, 5) is 19.3. The number of benzene rings is 1. The Kier molecular flexibility index (Phi) is 5.11. The van der Waals surface area contributed by atoms with Gasteiger partial charge in [0, 0.05) is 24.2 Å². The zero-order chi connectivity index (χ0) is 17.9. The lowest BCUT2D eigenvalue weighted by Gasteiger charge is -2.42. The quantitative estimate of drug-likeness (QED) is 0.851. The summed E-state index contributed by atoms with van der Waals surface area (Å²) in [6.45, 7) is 0.630. The lowest BCUT2D eigenvalue weighted by Crippen LogP contribution is -2.50. The highest BCUT2D eigenvalue weighted by Crippen LogP contribution is 2.36. The third-order valence-corrected chi connectivity index (χ3v) is 6.37. The lowest BCUT2D eigenvalue weighted by molar-refractivity contribution is 0.125. The zero-order valence-corrected chi connectivity index (χ0v) is 15.9. The molecule has 1 N–H and O–H groups in total. The molecule has 2 aliphatic rings. The van der Waals surface area contributed by atoms with Gasteiger partial charge in [0.25, 0.3) is 0 Å². The van der Waals surface area contributed by atoms with E-state index >= 15 is 0 Å². The number of anilines is 1. The molecule has 2 heterocycles. The first-order valence-corrected chi connectivity index (χ1v) is 10.3. The van der Waals surface area contributed by atoms with Crippen LogP contribution >= 0.6 is 11.3 Å². The van der Waals surface area contributed by atoms with Gasteiger partial charge in [-0.15, -0.1) is 11.3 Å². The fourth-order valence-corrected chi connectivity index (χ4v) is 4.84. The minimum Gasteiger partial charge on any atom is -0.497 e. The number of rotatable bonds is 3. The van der Waals surface area contributed by atoms with Crippen molar-refractivity contribution in [2.45, 2.75) is 51.1 Å². The molecule has 1 unspecified atom stereocenters. The molecule has 1 aromatic heterocycles. The van der Waals surface area contributed by atoms with Gasteiger partial charge in [-0.1, -0.05) is 25.3 Å². The number of hydrogen-bond donors (Lipinski definition) is 1. The van der Waals surface area contributed by atoms with Crippen LogP contribution in [0, 0.1) is 5.92 Å². The molecule has 5 nitrogen and oxygen atoms in total. The average Bonchev–Trinajstić information content (AvgIpc) is 3.20. The molecule has 0 bridgehead atoms. The Hall–Kier alpha value is -2.08. The number of fused-ring (bicyclic) bond motifs is 1. The SMILES string of the molecule is COc1ccc2c(c1)CN(C(=O)Nc1nccs1)C(C1CCCCC1)C2. The summed E-state index contributed by atoms with van der Waals surface area (Å²) in [5.41, 5.74) is 2.53. The van der Waals surface area contributed by atoms with Crippen molar-refractivity contribution >= 4 is 22.5 Å². The van der Waals surface area contributed by atoms with Crippen molar-refractivity contribution in [3.8, 4) is 5.75 Å². The molecule has 138 valence electrons. The second kappa shape index (κ2) is 7.66. The van der Waals surface area contributed by atoms with Crippen molar-refractivity contribution in [2.24, 2.45) is 5.92 Å². The lowest BCUT2D eigenvalue weighted by atomic mass is 9.78. The second-order valence-electron chi connectivity index (χ2n) is 7.20. The normalized spacial score (nSPS) is 20.5. The Bertz CT molecular complexity index is 756. The summed E-state index contributed by atoms with van der Waals surface area (Å²) < 4.78 is 5.38. The van der Waals surface area contributed by atoms with Gasteiger partial charge in [-0.05, 0) is 48.4 Å². The summed E-state index contributed by atoms with van der Waals surface area (Å²) >= 11 is 1.45. The zero-order valence-electron chi connectivity index (χ0n) is 15.1. The van der Waals surface area contributed by atoms with Crippen LogP contribution in [0.5, 0.6) is 5.75 Å². The summed E-state index contributed by atoms with van der Waals surface area (Å²) in [5.74, 6) is 1.43. The Morgan fingerprint density at radius 3 is 2.85 bits per heavy atom. The fraction of sp³-hybridized carbons (Fsp3) is 0.500. The number of nitrogens with zero attached hydrogens (tertiary/aromatic N) is 2. The Labute approximate surface area is 158 Å². The summed E-state index contributed by atoms with van der Waals surface area (Å²) in [6, 6.07) is 6.48. The standard InChI is InChI=1S/C20H25N3O2S/c1-25-17-8-7-15-12-18(14-5-3-2-4-6-14)23(13-16(15)11-17)20(24)22-19-21-9-10-26-19/h7-11,14,18H,2-6,12-13H2,1H3,(H,21,22,24). The van der Waals surface area contributed by atoms with Crippen LogP contribution in [-0.4, -0.2) is 29.1 Å². The largest absolute Gasteiger partial charge is 0.497 e. The van der Waals surface area contributed by atoms with Crippen molar-refractivity contribution < 1.29 is 9.53 Å². The van der Waals surface area contributed by atoms with Crippen molar-refractivity contribution in [3.05, 3.63) is 40.9 Å². The van der Waals surface area contributed by atoms with Crippen LogP contribution in [0.4, 0.5) is 9.93 Å².